The molecular formula is C10H19NO3. The Balaban J connectivity index is 3.45. The molecule has 4 nitrogen and oxygen atoms in total. The predicted molar refractivity (Wildman–Crippen MR) is 53.8 cm³/mol. The van der Waals surface area contributed by atoms with Crippen LogP contribution in [-0.2, 0) is 14.3 Å². The van der Waals surface area contributed by atoms with E-state index in [0.29, 0.717) is 19.3 Å². The summed E-state index contributed by atoms with van der Waals surface area (Å²) in [6, 6.07) is -0.545. The number of methoxy groups -OCH3 is 1. The maximum absolute atomic E-state index is 10.9. The summed E-state index contributed by atoms with van der Waals surface area (Å²) in [6.45, 7) is 1.85. The monoisotopic (exact) mass is 201 g/mol. The molecule has 0 spiro atoms. The van der Waals surface area contributed by atoms with Crippen LogP contribution in [0.25, 0.3) is 0 Å². The molecule has 0 heterocycles. The molecule has 0 saturated heterocycles. The zero-order valence-corrected chi connectivity index (χ0v) is 8.91. The third kappa shape index (κ3) is 5.70. The van der Waals surface area contributed by atoms with Gasteiger partial charge in [-0.1, -0.05) is 13.3 Å². The number of hydrogen-bond donors (Lipinski definition) is 1. The van der Waals surface area contributed by atoms with Crippen molar-refractivity contribution in [1.82, 2.24) is 0 Å². The fourth-order valence-corrected chi connectivity index (χ4v) is 1.13. The second kappa shape index (κ2) is 7.50. The molecule has 0 radical (unpaired) electrons. The first-order chi connectivity index (χ1) is 6.61. The molecule has 0 aliphatic heterocycles. The lowest BCUT2D eigenvalue weighted by molar-refractivity contribution is -0.142. The average molecular weight is 201 g/mol. The van der Waals surface area contributed by atoms with E-state index in [1.54, 1.807) is 0 Å². The van der Waals surface area contributed by atoms with E-state index in [1.165, 1.54) is 7.11 Å². The van der Waals surface area contributed by atoms with Gasteiger partial charge in [0.15, 0.2) is 0 Å². The second-order valence-corrected chi connectivity index (χ2v) is 3.27. The van der Waals surface area contributed by atoms with Crippen molar-refractivity contribution >= 4 is 11.8 Å². The lowest BCUT2D eigenvalue weighted by Crippen LogP contribution is -2.31. The molecule has 0 aliphatic carbocycles. The molecule has 0 unspecified atom stereocenters. The number of ketones is 1. The van der Waals surface area contributed by atoms with Crippen LogP contribution < -0.4 is 5.73 Å². The topological polar surface area (TPSA) is 69.4 Å². The van der Waals surface area contributed by atoms with E-state index in [9.17, 15) is 9.59 Å². The van der Waals surface area contributed by atoms with Crippen molar-refractivity contribution in [2.45, 2.75) is 45.1 Å². The number of rotatable bonds is 7. The summed E-state index contributed by atoms with van der Waals surface area (Å²) in [5.74, 6) is -0.122. The highest BCUT2D eigenvalue weighted by Gasteiger charge is 2.12. The van der Waals surface area contributed by atoms with Gasteiger partial charge in [0.25, 0.3) is 0 Å². The minimum Gasteiger partial charge on any atom is -0.468 e. The molecule has 0 aliphatic rings. The number of carbonyl (C=O) groups excluding carboxylic acids is 2. The Hall–Kier alpha value is -0.900. The number of ether oxygens (including phenoxy) is 1. The smallest absolute Gasteiger partial charge is 0.322 e. The molecule has 0 aromatic carbocycles. The van der Waals surface area contributed by atoms with Crippen LogP contribution in [-0.4, -0.2) is 24.9 Å². The molecule has 14 heavy (non-hydrogen) atoms. The van der Waals surface area contributed by atoms with Crippen LogP contribution in [0.1, 0.15) is 39.0 Å². The highest BCUT2D eigenvalue weighted by Crippen LogP contribution is 2.04. The third-order valence-corrected chi connectivity index (χ3v) is 2.12. The van der Waals surface area contributed by atoms with Gasteiger partial charge < -0.3 is 10.5 Å². The molecule has 0 bridgehead atoms. The van der Waals surface area contributed by atoms with Crippen molar-refractivity contribution in [3.63, 3.8) is 0 Å². The SMILES string of the molecule is CCC(=O)CCCC[C@H](N)C(=O)OC. The molecule has 0 fully saturated rings. The Kier molecular flexibility index (Phi) is 7.02. The number of esters is 1. The Labute approximate surface area is 84.8 Å². The largest absolute Gasteiger partial charge is 0.468 e. The van der Waals surface area contributed by atoms with Gasteiger partial charge in [0.2, 0.25) is 0 Å². The number of hydrogen-bond acceptors (Lipinski definition) is 4. The zero-order chi connectivity index (χ0) is 11.0. The Morgan fingerprint density at radius 1 is 1.36 bits per heavy atom. The number of Topliss-reactive ketones (excluding diaryl/α,β-unsaturated/α-hetero) is 1. The molecule has 82 valence electrons. The van der Waals surface area contributed by atoms with Gasteiger partial charge in [0.05, 0.1) is 7.11 Å². The maximum atomic E-state index is 10.9. The molecule has 4 heteroatoms. The van der Waals surface area contributed by atoms with Crippen LogP contribution in [0.15, 0.2) is 0 Å². The van der Waals surface area contributed by atoms with Crippen molar-refractivity contribution in [3.8, 4) is 0 Å². The van der Waals surface area contributed by atoms with E-state index in [2.05, 4.69) is 4.74 Å². The van der Waals surface area contributed by atoms with Crippen molar-refractivity contribution < 1.29 is 14.3 Å². The van der Waals surface area contributed by atoms with E-state index in [0.717, 1.165) is 12.8 Å². The predicted octanol–water partition coefficient (Wildman–Crippen LogP) is 1.03. The van der Waals surface area contributed by atoms with Crippen LogP contribution in [0.2, 0.25) is 0 Å². The Morgan fingerprint density at radius 3 is 2.50 bits per heavy atom. The highest BCUT2D eigenvalue weighted by atomic mass is 16.5. The Morgan fingerprint density at radius 2 is 2.00 bits per heavy atom. The van der Waals surface area contributed by atoms with Crippen LogP contribution in [0.3, 0.4) is 0 Å². The molecule has 0 aromatic heterocycles. The molecule has 0 rings (SSSR count). The molecule has 2 N–H and O–H groups in total. The van der Waals surface area contributed by atoms with Gasteiger partial charge in [-0.2, -0.15) is 0 Å². The summed E-state index contributed by atoms with van der Waals surface area (Å²) in [6.07, 6.45) is 3.36. The van der Waals surface area contributed by atoms with Gasteiger partial charge in [0.1, 0.15) is 11.8 Å². The summed E-state index contributed by atoms with van der Waals surface area (Å²) in [7, 11) is 1.32. The molecule has 0 saturated carbocycles. The minimum absolute atomic E-state index is 0.261. The Bertz CT molecular complexity index is 192. The maximum Gasteiger partial charge on any atom is 0.322 e. The third-order valence-electron chi connectivity index (χ3n) is 2.12. The van der Waals surface area contributed by atoms with Gasteiger partial charge in [-0.15, -0.1) is 0 Å². The highest BCUT2D eigenvalue weighted by molar-refractivity contribution is 5.78. The van der Waals surface area contributed by atoms with Gasteiger partial charge >= 0.3 is 5.97 Å². The van der Waals surface area contributed by atoms with Crippen molar-refractivity contribution in [3.05, 3.63) is 0 Å². The summed E-state index contributed by atoms with van der Waals surface area (Å²) in [5, 5.41) is 0. The number of nitrogens with two attached hydrogens (primary N) is 1. The van der Waals surface area contributed by atoms with Crippen LogP contribution in [0, 0.1) is 0 Å². The number of unbranched alkanes of at least 4 members (excludes halogenated alkanes) is 1. The molecular weight excluding hydrogens is 182 g/mol. The van der Waals surface area contributed by atoms with Crippen molar-refractivity contribution in [2.24, 2.45) is 5.73 Å². The molecule has 0 amide bonds. The average Bonchev–Trinajstić information content (AvgIpc) is 2.22. The number of carbonyl (C=O) groups is 2. The van der Waals surface area contributed by atoms with E-state index in [4.69, 9.17) is 5.73 Å². The standard InChI is InChI=1S/C10H19NO3/c1-3-8(12)6-4-5-7-9(11)10(13)14-2/h9H,3-7,11H2,1-2H3/t9-/m0/s1. The van der Waals surface area contributed by atoms with Crippen molar-refractivity contribution in [1.29, 1.82) is 0 Å². The summed E-state index contributed by atoms with van der Waals surface area (Å²) < 4.78 is 4.48. The second-order valence-electron chi connectivity index (χ2n) is 3.27. The minimum atomic E-state index is -0.545. The fourth-order valence-electron chi connectivity index (χ4n) is 1.13. The first kappa shape index (κ1) is 13.1. The van der Waals surface area contributed by atoms with Gasteiger partial charge in [-0.25, -0.2) is 0 Å². The van der Waals surface area contributed by atoms with E-state index in [-0.39, 0.29) is 11.8 Å². The first-order valence-corrected chi connectivity index (χ1v) is 4.97. The van der Waals surface area contributed by atoms with E-state index >= 15 is 0 Å². The fraction of sp³-hybridized carbons (Fsp3) is 0.800. The quantitative estimate of drug-likeness (QED) is 0.493. The first-order valence-electron chi connectivity index (χ1n) is 4.97. The molecule has 0 aromatic rings. The van der Waals surface area contributed by atoms with E-state index < -0.39 is 6.04 Å². The van der Waals surface area contributed by atoms with Crippen LogP contribution >= 0.6 is 0 Å². The zero-order valence-electron chi connectivity index (χ0n) is 8.91. The van der Waals surface area contributed by atoms with Crippen LogP contribution in [0.4, 0.5) is 0 Å². The van der Waals surface area contributed by atoms with E-state index in [1.807, 2.05) is 6.92 Å². The van der Waals surface area contributed by atoms with Crippen molar-refractivity contribution in [2.75, 3.05) is 7.11 Å². The summed E-state index contributed by atoms with van der Waals surface area (Å²) in [5.41, 5.74) is 5.52. The van der Waals surface area contributed by atoms with Crippen LogP contribution in [0.5, 0.6) is 0 Å². The van der Waals surface area contributed by atoms with Gasteiger partial charge in [-0.3, -0.25) is 9.59 Å². The lowest BCUT2D eigenvalue weighted by atomic mass is 10.1. The van der Waals surface area contributed by atoms with Gasteiger partial charge in [-0.05, 0) is 12.8 Å². The van der Waals surface area contributed by atoms with Gasteiger partial charge in [0, 0.05) is 12.8 Å². The normalized spacial score (nSPS) is 12.2. The molecule has 1 atom stereocenters. The summed E-state index contributed by atoms with van der Waals surface area (Å²) >= 11 is 0. The lowest BCUT2D eigenvalue weighted by Gasteiger charge is -2.07. The summed E-state index contributed by atoms with van der Waals surface area (Å²) in [4.78, 5) is 21.8.